The van der Waals surface area contributed by atoms with Gasteiger partial charge in [0.05, 0.1) is 10.0 Å². The zero-order valence-corrected chi connectivity index (χ0v) is 10.2. The fourth-order valence-electron chi connectivity index (χ4n) is 1.33. The molecule has 0 bridgehead atoms. The standard InChI is InChI=1S/C11H6Cl3NO/c12-6-4-7(10(14)8(13)5-6)11-9(16)2-1-3-15-11/h1-5,16H. The predicted octanol–water partition coefficient (Wildman–Crippen LogP) is 4.41. The van der Waals surface area contributed by atoms with Crippen molar-refractivity contribution in [2.75, 3.05) is 0 Å². The molecule has 0 spiro atoms. The van der Waals surface area contributed by atoms with Gasteiger partial charge in [-0.25, -0.2) is 0 Å². The second kappa shape index (κ2) is 4.50. The van der Waals surface area contributed by atoms with Crippen molar-refractivity contribution < 1.29 is 5.11 Å². The first-order valence-corrected chi connectivity index (χ1v) is 5.52. The normalized spacial score (nSPS) is 10.4. The van der Waals surface area contributed by atoms with Gasteiger partial charge in [0, 0.05) is 16.8 Å². The molecule has 0 saturated heterocycles. The number of hydrogen-bond donors (Lipinski definition) is 1. The Balaban J connectivity index is 2.69. The van der Waals surface area contributed by atoms with Crippen molar-refractivity contribution in [3.8, 4) is 17.0 Å². The van der Waals surface area contributed by atoms with Gasteiger partial charge in [0.15, 0.2) is 0 Å². The van der Waals surface area contributed by atoms with Crippen molar-refractivity contribution in [3.05, 3.63) is 45.5 Å². The molecule has 5 heteroatoms. The molecule has 2 nitrogen and oxygen atoms in total. The lowest BCUT2D eigenvalue weighted by Crippen LogP contribution is -1.86. The summed E-state index contributed by atoms with van der Waals surface area (Å²) < 4.78 is 0. The molecule has 1 aromatic heterocycles. The van der Waals surface area contributed by atoms with Crippen molar-refractivity contribution in [2.45, 2.75) is 0 Å². The Labute approximate surface area is 107 Å². The van der Waals surface area contributed by atoms with Crippen LogP contribution in [-0.4, -0.2) is 10.1 Å². The smallest absolute Gasteiger partial charge is 0.141 e. The third kappa shape index (κ3) is 2.09. The summed E-state index contributed by atoms with van der Waals surface area (Å²) in [6, 6.07) is 6.29. The minimum Gasteiger partial charge on any atom is -0.506 e. The molecule has 16 heavy (non-hydrogen) atoms. The molecule has 2 aromatic rings. The van der Waals surface area contributed by atoms with Crippen LogP contribution in [-0.2, 0) is 0 Å². The molecule has 1 N–H and O–H groups in total. The number of aromatic nitrogens is 1. The second-order valence-electron chi connectivity index (χ2n) is 3.12. The van der Waals surface area contributed by atoms with Crippen molar-refractivity contribution >= 4 is 34.8 Å². The number of benzene rings is 1. The number of halogens is 3. The average molecular weight is 275 g/mol. The van der Waals surface area contributed by atoms with Crippen LogP contribution in [0, 0.1) is 0 Å². The minimum atomic E-state index is 0.0303. The minimum absolute atomic E-state index is 0.0303. The lowest BCUT2D eigenvalue weighted by atomic mass is 10.1. The second-order valence-corrected chi connectivity index (χ2v) is 4.34. The number of aromatic hydroxyl groups is 1. The molecule has 0 atom stereocenters. The van der Waals surface area contributed by atoms with E-state index in [9.17, 15) is 5.11 Å². The molecule has 0 amide bonds. The zero-order chi connectivity index (χ0) is 11.7. The molecule has 0 aliphatic rings. The van der Waals surface area contributed by atoms with Crippen LogP contribution < -0.4 is 0 Å². The maximum atomic E-state index is 9.66. The fourth-order valence-corrected chi connectivity index (χ4v) is 2.02. The van der Waals surface area contributed by atoms with Gasteiger partial charge in [-0.2, -0.15) is 0 Å². The van der Waals surface area contributed by atoms with Gasteiger partial charge in [0.1, 0.15) is 11.4 Å². The van der Waals surface area contributed by atoms with Crippen molar-refractivity contribution in [1.29, 1.82) is 0 Å². The van der Waals surface area contributed by atoms with E-state index in [4.69, 9.17) is 34.8 Å². The maximum Gasteiger partial charge on any atom is 0.141 e. The molecule has 0 unspecified atom stereocenters. The van der Waals surface area contributed by atoms with Gasteiger partial charge in [0.2, 0.25) is 0 Å². The fraction of sp³-hybridized carbons (Fsp3) is 0. The molecule has 0 aliphatic heterocycles. The highest BCUT2D eigenvalue weighted by Gasteiger charge is 2.13. The average Bonchev–Trinajstić information content (AvgIpc) is 2.24. The van der Waals surface area contributed by atoms with Gasteiger partial charge in [-0.1, -0.05) is 34.8 Å². The van der Waals surface area contributed by atoms with Gasteiger partial charge in [-0.05, 0) is 24.3 Å². The SMILES string of the molecule is Oc1cccnc1-c1cc(Cl)cc(Cl)c1Cl. The largest absolute Gasteiger partial charge is 0.506 e. The topological polar surface area (TPSA) is 33.1 Å². The Morgan fingerprint density at radius 3 is 2.56 bits per heavy atom. The highest BCUT2D eigenvalue weighted by Crippen LogP contribution is 2.38. The number of nitrogens with zero attached hydrogens (tertiary/aromatic N) is 1. The van der Waals surface area contributed by atoms with Crippen molar-refractivity contribution in [2.24, 2.45) is 0 Å². The van der Waals surface area contributed by atoms with Crippen LogP contribution in [0.15, 0.2) is 30.5 Å². The van der Waals surface area contributed by atoms with Gasteiger partial charge in [0.25, 0.3) is 0 Å². The molecule has 0 radical (unpaired) electrons. The maximum absolute atomic E-state index is 9.66. The number of rotatable bonds is 1. The molecule has 82 valence electrons. The summed E-state index contributed by atoms with van der Waals surface area (Å²) in [4.78, 5) is 4.04. The Morgan fingerprint density at radius 1 is 1.12 bits per heavy atom. The van der Waals surface area contributed by atoms with Crippen LogP contribution in [0.4, 0.5) is 0 Å². The monoisotopic (exact) mass is 273 g/mol. The van der Waals surface area contributed by atoms with Crippen LogP contribution in [0.25, 0.3) is 11.3 Å². The molecule has 0 fully saturated rings. The zero-order valence-electron chi connectivity index (χ0n) is 7.92. The summed E-state index contributed by atoms with van der Waals surface area (Å²) in [6.45, 7) is 0. The third-order valence-electron chi connectivity index (χ3n) is 2.03. The third-order valence-corrected chi connectivity index (χ3v) is 3.05. The Bertz CT molecular complexity index is 543. The summed E-state index contributed by atoms with van der Waals surface area (Å²) in [5.41, 5.74) is 0.870. The summed E-state index contributed by atoms with van der Waals surface area (Å²) in [7, 11) is 0. The molecular formula is C11H6Cl3NO. The van der Waals surface area contributed by atoms with E-state index >= 15 is 0 Å². The van der Waals surface area contributed by atoms with Crippen LogP contribution in [0.2, 0.25) is 15.1 Å². The van der Waals surface area contributed by atoms with E-state index in [-0.39, 0.29) is 5.75 Å². The number of pyridine rings is 1. The van der Waals surface area contributed by atoms with E-state index in [2.05, 4.69) is 4.98 Å². The van der Waals surface area contributed by atoms with E-state index < -0.39 is 0 Å². The van der Waals surface area contributed by atoms with Gasteiger partial charge in [-0.15, -0.1) is 0 Å². The van der Waals surface area contributed by atoms with E-state index in [1.165, 1.54) is 12.1 Å². The Morgan fingerprint density at radius 2 is 1.88 bits per heavy atom. The first kappa shape index (κ1) is 11.5. The molecule has 1 aromatic carbocycles. The van der Waals surface area contributed by atoms with Gasteiger partial charge < -0.3 is 5.11 Å². The van der Waals surface area contributed by atoms with E-state index in [0.29, 0.717) is 26.3 Å². The van der Waals surface area contributed by atoms with Crippen molar-refractivity contribution in [3.63, 3.8) is 0 Å². The Hall–Kier alpha value is -0.960. The van der Waals surface area contributed by atoms with Crippen molar-refractivity contribution in [1.82, 2.24) is 4.98 Å². The quantitative estimate of drug-likeness (QED) is 0.781. The summed E-state index contributed by atoms with van der Waals surface area (Å²) in [5, 5.41) is 10.7. The highest BCUT2D eigenvalue weighted by molar-refractivity contribution is 6.45. The lowest BCUT2D eigenvalue weighted by molar-refractivity contribution is 0.475. The van der Waals surface area contributed by atoms with Gasteiger partial charge in [-0.3, -0.25) is 4.98 Å². The molecular weight excluding hydrogens is 268 g/mol. The molecule has 1 heterocycles. The first-order chi connectivity index (χ1) is 7.59. The number of hydrogen-bond acceptors (Lipinski definition) is 2. The molecule has 0 saturated carbocycles. The summed E-state index contributed by atoms with van der Waals surface area (Å²) in [6.07, 6.45) is 1.56. The highest BCUT2D eigenvalue weighted by atomic mass is 35.5. The Kier molecular flexibility index (Phi) is 3.24. The van der Waals surface area contributed by atoms with Crippen LogP contribution in [0.5, 0.6) is 5.75 Å². The van der Waals surface area contributed by atoms with Gasteiger partial charge >= 0.3 is 0 Å². The van der Waals surface area contributed by atoms with E-state index in [1.807, 2.05) is 0 Å². The summed E-state index contributed by atoms with van der Waals surface area (Å²) >= 11 is 17.8. The molecule has 2 rings (SSSR count). The predicted molar refractivity (Wildman–Crippen MR) is 66.4 cm³/mol. The van der Waals surface area contributed by atoms with E-state index in [1.54, 1.807) is 18.3 Å². The lowest BCUT2D eigenvalue weighted by Gasteiger charge is -2.07. The summed E-state index contributed by atoms with van der Waals surface area (Å²) in [5.74, 6) is 0.0303. The first-order valence-electron chi connectivity index (χ1n) is 4.38. The molecule has 0 aliphatic carbocycles. The van der Waals surface area contributed by atoms with Crippen LogP contribution in [0.1, 0.15) is 0 Å². The van der Waals surface area contributed by atoms with Crippen LogP contribution in [0.3, 0.4) is 0 Å². The van der Waals surface area contributed by atoms with E-state index in [0.717, 1.165) is 0 Å². The van der Waals surface area contributed by atoms with Crippen LogP contribution >= 0.6 is 34.8 Å².